The van der Waals surface area contributed by atoms with Crippen molar-refractivity contribution in [1.82, 2.24) is 0 Å². The molecule has 0 spiro atoms. The molecule has 9 heteroatoms. The molecule has 1 aromatic rings. The van der Waals surface area contributed by atoms with E-state index in [1.807, 2.05) is 0 Å². The smallest absolute Gasteiger partial charge is 0.324 e. The third-order valence-electron chi connectivity index (χ3n) is 1.55. The number of nitrogens with two attached hydrogens (primary N) is 1. The molecule has 0 amide bonds. The number of nitrogens with zero attached hydrogens (tertiary/aromatic N) is 1. The monoisotopic (exact) mass is 253 g/mol. The van der Waals surface area contributed by atoms with Crippen LogP contribution in [0.15, 0.2) is 23.1 Å². The van der Waals surface area contributed by atoms with Gasteiger partial charge in [0.25, 0.3) is 5.69 Å². The first kappa shape index (κ1) is 12.6. The van der Waals surface area contributed by atoms with E-state index in [9.17, 15) is 23.3 Å². The van der Waals surface area contributed by atoms with Crippen molar-refractivity contribution in [2.45, 2.75) is 10.4 Å². The zero-order valence-corrected chi connectivity index (χ0v) is 8.43. The van der Waals surface area contributed by atoms with Gasteiger partial charge < -0.3 is 5.43 Å². The van der Waals surface area contributed by atoms with Gasteiger partial charge >= 0.3 is 5.51 Å². The van der Waals surface area contributed by atoms with E-state index in [4.69, 9.17) is 5.84 Å². The molecule has 16 heavy (non-hydrogen) atoms. The van der Waals surface area contributed by atoms with Gasteiger partial charge in [0, 0.05) is 6.07 Å². The van der Waals surface area contributed by atoms with Crippen molar-refractivity contribution in [3.05, 3.63) is 28.3 Å². The summed E-state index contributed by atoms with van der Waals surface area (Å²) in [5.41, 5.74) is -2.92. The van der Waals surface area contributed by atoms with Crippen molar-refractivity contribution >= 4 is 23.1 Å². The van der Waals surface area contributed by atoms with E-state index in [0.717, 1.165) is 12.1 Å². The zero-order valence-electron chi connectivity index (χ0n) is 7.62. The lowest BCUT2D eigenvalue weighted by Gasteiger charge is -2.07. The van der Waals surface area contributed by atoms with Gasteiger partial charge in [0.05, 0.1) is 15.5 Å². The van der Waals surface area contributed by atoms with Gasteiger partial charge in [-0.2, -0.15) is 13.2 Å². The van der Waals surface area contributed by atoms with Crippen molar-refractivity contribution in [3.8, 4) is 0 Å². The van der Waals surface area contributed by atoms with Gasteiger partial charge in [-0.1, -0.05) is 0 Å². The Hall–Kier alpha value is -1.48. The summed E-state index contributed by atoms with van der Waals surface area (Å²) >= 11 is -0.552. The first-order valence-electron chi connectivity index (χ1n) is 3.84. The summed E-state index contributed by atoms with van der Waals surface area (Å²) in [7, 11) is 0. The Kier molecular flexibility index (Phi) is 3.60. The number of hydrogen-bond acceptors (Lipinski definition) is 5. The number of nitrogens with one attached hydrogen (secondary N) is 1. The fourth-order valence-electron chi connectivity index (χ4n) is 0.961. The van der Waals surface area contributed by atoms with E-state index >= 15 is 0 Å². The molecule has 0 fully saturated rings. The van der Waals surface area contributed by atoms with Crippen molar-refractivity contribution < 1.29 is 18.1 Å². The van der Waals surface area contributed by atoms with Gasteiger partial charge in [-0.05, 0) is 23.9 Å². The van der Waals surface area contributed by atoms with Crippen molar-refractivity contribution in [2.24, 2.45) is 5.84 Å². The molecule has 0 atom stereocenters. The molecule has 0 aliphatic carbocycles. The van der Waals surface area contributed by atoms with E-state index in [-0.39, 0.29) is 5.69 Å². The number of hydrogen-bond donors (Lipinski definition) is 2. The highest BCUT2D eigenvalue weighted by Crippen LogP contribution is 2.42. The molecule has 1 aromatic carbocycles. The number of nitrogen functional groups attached to an aromatic ring is 1. The van der Waals surface area contributed by atoms with Crippen LogP contribution in [-0.2, 0) is 0 Å². The Morgan fingerprint density at radius 1 is 1.44 bits per heavy atom. The molecular formula is C7H6F3N3O2S. The summed E-state index contributed by atoms with van der Waals surface area (Å²) in [5.74, 6) is 5.00. The maximum absolute atomic E-state index is 12.1. The van der Waals surface area contributed by atoms with Gasteiger partial charge in [0.1, 0.15) is 0 Å². The van der Waals surface area contributed by atoms with E-state index in [1.165, 1.54) is 6.07 Å². The highest BCUT2D eigenvalue weighted by molar-refractivity contribution is 8.00. The second kappa shape index (κ2) is 4.58. The van der Waals surface area contributed by atoms with Crippen LogP contribution < -0.4 is 11.3 Å². The summed E-state index contributed by atoms with van der Waals surface area (Å²) in [6.45, 7) is 0. The molecule has 3 N–H and O–H groups in total. The largest absolute Gasteiger partial charge is 0.446 e. The number of halogens is 3. The molecule has 5 nitrogen and oxygen atoms in total. The second-order valence-electron chi connectivity index (χ2n) is 2.63. The van der Waals surface area contributed by atoms with Crippen LogP contribution in [-0.4, -0.2) is 10.4 Å². The third-order valence-corrected chi connectivity index (χ3v) is 2.33. The van der Waals surface area contributed by atoms with Crippen molar-refractivity contribution in [2.75, 3.05) is 5.43 Å². The standard InChI is InChI=1S/C7H6F3N3O2S/c8-7(9,10)16-6-3-4(12-11)1-2-5(6)13(14)15/h1-3,12H,11H2. The highest BCUT2D eigenvalue weighted by atomic mass is 32.2. The summed E-state index contributed by atoms with van der Waals surface area (Å²) in [4.78, 5) is 9.09. The van der Waals surface area contributed by atoms with Gasteiger partial charge in [-0.3, -0.25) is 16.0 Å². The van der Waals surface area contributed by atoms with Crippen LogP contribution in [0.2, 0.25) is 0 Å². The Bertz CT molecular complexity index is 410. The van der Waals surface area contributed by atoms with Gasteiger partial charge in [0.15, 0.2) is 0 Å². The SMILES string of the molecule is NNc1ccc([N+](=O)[O-])c(SC(F)(F)F)c1. The predicted octanol–water partition coefficient (Wildman–Crippen LogP) is 2.49. The second-order valence-corrected chi connectivity index (χ2v) is 3.74. The molecule has 0 radical (unpaired) electrons. The van der Waals surface area contributed by atoms with Crippen LogP contribution in [0.25, 0.3) is 0 Å². The quantitative estimate of drug-likeness (QED) is 0.374. The summed E-state index contributed by atoms with van der Waals surface area (Å²) in [6.07, 6.45) is 0. The molecule has 88 valence electrons. The van der Waals surface area contributed by atoms with Gasteiger partial charge in [0.2, 0.25) is 0 Å². The first-order valence-corrected chi connectivity index (χ1v) is 4.66. The minimum absolute atomic E-state index is 0.164. The summed E-state index contributed by atoms with van der Waals surface area (Å²) in [6, 6.07) is 3.15. The molecule has 0 bridgehead atoms. The Labute approximate surface area is 91.9 Å². The number of thioether (sulfide) groups is 1. The van der Waals surface area contributed by atoms with E-state index in [1.54, 1.807) is 0 Å². The Morgan fingerprint density at radius 3 is 2.50 bits per heavy atom. The molecule has 0 saturated heterocycles. The molecule has 0 saturated carbocycles. The fraction of sp³-hybridized carbons (Fsp3) is 0.143. The average molecular weight is 253 g/mol. The van der Waals surface area contributed by atoms with Gasteiger partial charge in [-0.25, -0.2) is 0 Å². The number of alkyl halides is 3. The molecule has 0 aliphatic heterocycles. The lowest BCUT2D eigenvalue weighted by atomic mass is 10.3. The molecule has 0 unspecified atom stereocenters. The summed E-state index contributed by atoms with van der Waals surface area (Å²) in [5, 5.41) is 10.5. The van der Waals surface area contributed by atoms with Crippen LogP contribution >= 0.6 is 11.8 Å². The van der Waals surface area contributed by atoms with E-state index in [0.29, 0.717) is 0 Å². The maximum atomic E-state index is 12.1. The van der Waals surface area contributed by atoms with E-state index < -0.39 is 32.8 Å². The zero-order chi connectivity index (χ0) is 12.3. The molecule has 0 aromatic heterocycles. The lowest BCUT2D eigenvalue weighted by Crippen LogP contribution is -2.07. The number of hydrazine groups is 1. The molecular weight excluding hydrogens is 247 g/mol. The number of nitro benzene ring substituents is 1. The number of rotatable bonds is 3. The topological polar surface area (TPSA) is 81.2 Å². The third kappa shape index (κ3) is 3.28. The highest BCUT2D eigenvalue weighted by Gasteiger charge is 2.33. The lowest BCUT2D eigenvalue weighted by molar-refractivity contribution is -0.387. The molecule has 0 heterocycles. The van der Waals surface area contributed by atoms with Crippen LogP contribution in [0, 0.1) is 10.1 Å². The van der Waals surface area contributed by atoms with Crippen LogP contribution in [0.4, 0.5) is 24.5 Å². The summed E-state index contributed by atoms with van der Waals surface area (Å²) < 4.78 is 36.3. The van der Waals surface area contributed by atoms with Crippen LogP contribution in [0.1, 0.15) is 0 Å². The normalized spacial score (nSPS) is 11.2. The van der Waals surface area contributed by atoms with Gasteiger partial charge in [-0.15, -0.1) is 0 Å². The number of benzene rings is 1. The predicted molar refractivity (Wildman–Crippen MR) is 52.8 cm³/mol. The van der Waals surface area contributed by atoms with Crippen molar-refractivity contribution in [3.63, 3.8) is 0 Å². The Morgan fingerprint density at radius 2 is 2.06 bits per heavy atom. The first-order chi connectivity index (χ1) is 7.33. The molecule has 0 aliphatic rings. The van der Waals surface area contributed by atoms with Crippen molar-refractivity contribution in [1.29, 1.82) is 0 Å². The minimum Gasteiger partial charge on any atom is -0.324 e. The molecule has 1 rings (SSSR count). The van der Waals surface area contributed by atoms with Crippen LogP contribution in [0.3, 0.4) is 0 Å². The van der Waals surface area contributed by atoms with Crippen LogP contribution in [0.5, 0.6) is 0 Å². The maximum Gasteiger partial charge on any atom is 0.446 e. The Balaban J connectivity index is 3.15. The fourth-order valence-corrected chi connectivity index (χ4v) is 1.64. The average Bonchev–Trinajstić information content (AvgIpc) is 2.14. The minimum atomic E-state index is -4.59. The number of nitro groups is 1. The van der Waals surface area contributed by atoms with E-state index in [2.05, 4.69) is 5.43 Å². The number of anilines is 1.